The molecule has 0 aromatic carbocycles. The molecule has 1 rings (SSSR count). The Balaban J connectivity index is 0.000000461. The second-order valence-electron chi connectivity index (χ2n) is 2.41. The fourth-order valence-electron chi connectivity index (χ4n) is 0.971. The van der Waals surface area contributed by atoms with E-state index in [0.717, 1.165) is 26.2 Å². The van der Waals surface area contributed by atoms with Crippen LogP contribution in [0.2, 0.25) is 0 Å². The minimum absolute atomic E-state index is 1.03. The molecule has 0 atom stereocenters. The molecule has 4 heteroatoms. The van der Waals surface area contributed by atoms with Crippen LogP contribution in [-0.2, 0) is 9.63 Å². The first-order valence-corrected chi connectivity index (χ1v) is 3.59. The Bertz CT molecular complexity index is 92.4. The van der Waals surface area contributed by atoms with E-state index in [2.05, 4.69) is 11.9 Å². The molecule has 0 bridgehead atoms. The standard InChI is InChI=1S/C6H14N2O.CH2O/c1-7-3-5-8(9-2)6-4-7;1-2/h3-6H2,1-2H3;1H2. The molecule has 0 spiro atoms. The van der Waals surface area contributed by atoms with E-state index >= 15 is 0 Å². The molecule has 1 saturated heterocycles. The van der Waals surface area contributed by atoms with Gasteiger partial charge in [-0.2, -0.15) is 5.06 Å². The van der Waals surface area contributed by atoms with Gasteiger partial charge in [0.05, 0.1) is 7.11 Å². The SMILES string of the molecule is C=O.CON1CCN(C)CC1. The average Bonchev–Trinajstić information content (AvgIpc) is 2.10. The van der Waals surface area contributed by atoms with Crippen molar-refractivity contribution in [3.63, 3.8) is 0 Å². The Morgan fingerprint density at radius 1 is 1.18 bits per heavy atom. The van der Waals surface area contributed by atoms with Crippen molar-refractivity contribution in [1.82, 2.24) is 9.96 Å². The molecule has 0 amide bonds. The van der Waals surface area contributed by atoms with Crippen LogP contribution < -0.4 is 0 Å². The van der Waals surface area contributed by atoms with E-state index in [-0.39, 0.29) is 0 Å². The summed E-state index contributed by atoms with van der Waals surface area (Å²) in [4.78, 5) is 15.3. The topological polar surface area (TPSA) is 32.8 Å². The number of carbonyl (C=O) groups is 1. The van der Waals surface area contributed by atoms with Gasteiger partial charge in [0.25, 0.3) is 0 Å². The molecule has 1 heterocycles. The number of rotatable bonds is 1. The maximum Gasteiger partial charge on any atom is 0.106 e. The number of likely N-dealkylation sites (N-methyl/N-ethyl adjacent to an activating group) is 1. The summed E-state index contributed by atoms with van der Waals surface area (Å²) in [6.45, 7) is 6.31. The summed E-state index contributed by atoms with van der Waals surface area (Å²) in [5.74, 6) is 0. The van der Waals surface area contributed by atoms with Crippen LogP contribution in [0.5, 0.6) is 0 Å². The summed E-state index contributed by atoms with van der Waals surface area (Å²) in [5, 5.41) is 1.99. The summed E-state index contributed by atoms with van der Waals surface area (Å²) < 4.78 is 0. The maximum absolute atomic E-state index is 8.00. The molecule has 11 heavy (non-hydrogen) atoms. The van der Waals surface area contributed by atoms with E-state index in [4.69, 9.17) is 9.63 Å². The average molecular weight is 160 g/mol. The van der Waals surface area contributed by atoms with Crippen molar-refractivity contribution < 1.29 is 9.63 Å². The van der Waals surface area contributed by atoms with Gasteiger partial charge >= 0.3 is 0 Å². The number of nitrogens with zero attached hydrogens (tertiary/aromatic N) is 2. The van der Waals surface area contributed by atoms with E-state index in [1.807, 2.05) is 11.9 Å². The summed E-state index contributed by atoms with van der Waals surface area (Å²) >= 11 is 0. The zero-order chi connectivity index (χ0) is 8.69. The van der Waals surface area contributed by atoms with Gasteiger partial charge in [-0.1, -0.05) is 0 Å². The lowest BCUT2D eigenvalue weighted by molar-refractivity contribution is -0.149. The Hall–Kier alpha value is -0.450. The Labute approximate surface area is 67.7 Å². The van der Waals surface area contributed by atoms with Gasteiger partial charge in [0.1, 0.15) is 6.79 Å². The number of piperazine rings is 1. The molecule has 0 aromatic rings. The van der Waals surface area contributed by atoms with Crippen LogP contribution in [0.25, 0.3) is 0 Å². The van der Waals surface area contributed by atoms with Gasteiger partial charge in [0.15, 0.2) is 0 Å². The molecule has 1 aliphatic heterocycles. The molecule has 0 aromatic heterocycles. The molecule has 0 radical (unpaired) electrons. The highest BCUT2D eigenvalue weighted by Crippen LogP contribution is 1.96. The lowest BCUT2D eigenvalue weighted by Gasteiger charge is -2.30. The van der Waals surface area contributed by atoms with Gasteiger partial charge in [0.2, 0.25) is 0 Å². The van der Waals surface area contributed by atoms with Crippen LogP contribution in [-0.4, -0.2) is 57.1 Å². The number of hydroxylamine groups is 2. The molecule has 1 fully saturated rings. The van der Waals surface area contributed by atoms with Gasteiger partial charge in [0, 0.05) is 26.2 Å². The van der Waals surface area contributed by atoms with Crippen molar-refractivity contribution in [2.75, 3.05) is 40.3 Å². The molecule has 0 unspecified atom stereocenters. The predicted octanol–water partition coefficient (Wildman–Crippen LogP) is -0.390. The van der Waals surface area contributed by atoms with Gasteiger partial charge in [-0.3, -0.25) is 0 Å². The van der Waals surface area contributed by atoms with E-state index in [1.165, 1.54) is 0 Å². The van der Waals surface area contributed by atoms with Crippen molar-refractivity contribution in [1.29, 1.82) is 0 Å². The lowest BCUT2D eigenvalue weighted by atomic mass is 10.4. The zero-order valence-corrected chi connectivity index (χ0v) is 7.25. The second kappa shape index (κ2) is 6.27. The summed E-state index contributed by atoms with van der Waals surface area (Å²) in [6, 6.07) is 0. The van der Waals surface area contributed by atoms with Gasteiger partial charge < -0.3 is 14.5 Å². The van der Waals surface area contributed by atoms with Crippen LogP contribution in [0.15, 0.2) is 0 Å². The monoisotopic (exact) mass is 160 g/mol. The van der Waals surface area contributed by atoms with Gasteiger partial charge in [-0.25, -0.2) is 0 Å². The van der Waals surface area contributed by atoms with E-state index in [9.17, 15) is 0 Å². The quantitative estimate of drug-likeness (QED) is 0.523. The molecule has 0 N–H and O–H groups in total. The lowest BCUT2D eigenvalue weighted by Crippen LogP contribution is -2.43. The van der Waals surface area contributed by atoms with Crippen molar-refractivity contribution in [3.05, 3.63) is 0 Å². The van der Waals surface area contributed by atoms with Crippen molar-refractivity contribution >= 4 is 6.79 Å². The van der Waals surface area contributed by atoms with Crippen molar-refractivity contribution in [3.8, 4) is 0 Å². The highest BCUT2D eigenvalue weighted by Gasteiger charge is 2.11. The molecular weight excluding hydrogens is 144 g/mol. The molecule has 66 valence electrons. The Morgan fingerprint density at radius 2 is 1.64 bits per heavy atom. The summed E-state index contributed by atoms with van der Waals surface area (Å²) in [7, 11) is 3.86. The fourth-order valence-corrected chi connectivity index (χ4v) is 0.971. The molecule has 0 saturated carbocycles. The second-order valence-corrected chi connectivity index (χ2v) is 2.41. The zero-order valence-electron chi connectivity index (χ0n) is 7.25. The van der Waals surface area contributed by atoms with Crippen molar-refractivity contribution in [2.24, 2.45) is 0 Å². The van der Waals surface area contributed by atoms with Crippen LogP contribution >= 0.6 is 0 Å². The Kier molecular flexibility index (Phi) is 6.02. The fraction of sp³-hybridized carbons (Fsp3) is 0.857. The minimum atomic E-state index is 1.03. The molecule has 0 aliphatic carbocycles. The maximum atomic E-state index is 8.00. The van der Waals surface area contributed by atoms with E-state index in [0.29, 0.717) is 0 Å². The third kappa shape index (κ3) is 4.08. The van der Waals surface area contributed by atoms with Crippen LogP contribution in [0.1, 0.15) is 0 Å². The smallest absolute Gasteiger partial charge is 0.106 e. The van der Waals surface area contributed by atoms with Crippen LogP contribution in [0.4, 0.5) is 0 Å². The van der Waals surface area contributed by atoms with Crippen LogP contribution in [0.3, 0.4) is 0 Å². The van der Waals surface area contributed by atoms with E-state index in [1.54, 1.807) is 7.11 Å². The van der Waals surface area contributed by atoms with E-state index < -0.39 is 0 Å². The third-order valence-corrected chi connectivity index (χ3v) is 1.72. The summed E-state index contributed by atoms with van der Waals surface area (Å²) in [5.41, 5.74) is 0. The first kappa shape index (κ1) is 10.6. The summed E-state index contributed by atoms with van der Waals surface area (Å²) in [6.07, 6.45) is 0. The molecule has 1 aliphatic rings. The van der Waals surface area contributed by atoms with Crippen molar-refractivity contribution in [2.45, 2.75) is 0 Å². The third-order valence-electron chi connectivity index (χ3n) is 1.72. The normalized spacial score (nSPS) is 20.5. The highest BCUT2D eigenvalue weighted by atomic mass is 16.7. The van der Waals surface area contributed by atoms with Gasteiger partial charge in [-0.15, -0.1) is 0 Å². The van der Waals surface area contributed by atoms with Gasteiger partial charge in [-0.05, 0) is 7.05 Å². The molecular formula is C7H16N2O2. The Morgan fingerprint density at radius 3 is 2.00 bits per heavy atom. The number of carbonyl (C=O) groups excluding carboxylic acids is 1. The highest BCUT2D eigenvalue weighted by molar-refractivity contribution is 5.10. The predicted molar refractivity (Wildman–Crippen MR) is 43.2 cm³/mol. The first-order chi connectivity index (χ1) is 5.33. The van der Waals surface area contributed by atoms with Crippen LogP contribution in [0, 0.1) is 0 Å². The minimum Gasteiger partial charge on any atom is -0.307 e. The first-order valence-electron chi connectivity index (χ1n) is 3.59. The number of hydrogen-bond acceptors (Lipinski definition) is 4. The molecule has 4 nitrogen and oxygen atoms in total. The number of hydrogen-bond donors (Lipinski definition) is 0. The largest absolute Gasteiger partial charge is 0.307 e.